The highest BCUT2D eigenvalue weighted by Gasteiger charge is 2.35. The molecule has 5 aromatic rings. The molecule has 1 fully saturated rings. The fraction of sp³-hybridized carbons (Fsp3) is 0.280. The quantitative estimate of drug-likeness (QED) is 0.350. The molecule has 0 radical (unpaired) electrons. The molecule has 0 saturated heterocycles. The first-order valence-corrected chi connectivity index (χ1v) is 11.5. The van der Waals surface area contributed by atoms with Gasteiger partial charge in [0.15, 0.2) is 0 Å². The smallest absolute Gasteiger partial charge is 0.364 e. The fourth-order valence-electron chi connectivity index (χ4n) is 4.98. The largest absolute Gasteiger partial charge is 0.418 e. The van der Waals surface area contributed by atoms with Gasteiger partial charge in [0.1, 0.15) is 18.4 Å². The van der Waals surface area contributed by atoms with Crippen molar-refractivity contribution < 1.29 is 17.7 Å². The lowest BCUT2D eigenvalue weighted by Gasteiger charge is -2.33. The van der Waals surface area contributed by atoms with Crippen molar-refractivity contribution in [1.82, 2.24) is 28.9 Å². The van der Waals surface area contributed by atoms with Crippen LogP contribution in [0.5, 0.6) is 0 Å². The second-order valence-corrected chi connectivity index (χ2v) is 9.15. The van der Waals surface area contributed by atoms with Gasteiger partial charge in [0.05, 0.1) is 23.0 Å². The van der Waals surface area contributed by atoms with Gasteiger partial charge in [0.2, 0.25) is 0 Å². The Hall–Kier alpha value is -4.15. The summed E-state index contributed by atoms with van der Waals surface area (Å²) in [6.45, 7) is 0. The van der Waals surface area contributed by atoms with E-state index >= 15 is 0 Å². The van der Waals surface area contributed by atoms with Gasteiger partial charge >= 0.3 is 11.9 Å². The summed E-state index contributed by atoms with van der Waals surface area (Å²) in [4.78, 5) is 13.3. The van der Waals surface area contributed by atoms with Crippen molar-refractivity contribution in [2.24, 2.45) is 13.0 Å². The summed E-state index contributed by atoms with van der Waals surface area (Å²) in [5.74, 6) is 1.03. The van der Waals surface area contributed by atoms with Crippen LogP contribution in [0, 0.1) is 5.92 Å². The van der Waals surface area contributed by atoms with E-state index < -0.39 is 17.4 Å². The molecule has 1 aromatic carbocycles. The lowest BCUT2D eigenvalue weighted by molar-refractivity contribution is -0.136. The van der Waals surface area contributed by atoms with Gasteiger partial charge in [-0.05, 0) is 54.2 Å². The average Bonchev–Trinajstić information content (AvgIpc) is 3.56. The molecular formula is C25H21F3N6O2. The van der Waals surface area contributed by atoms with Crippen LogP contribution in [0.2, 0.25) is 0 Å². The Morgan fingerprint density at radius 1 is 1.17 bits per heavy atom. The standard InChI is InChI=1S/C25H21F3N6O2/c1-32-14-29-31-23(32)22(15-4-2-5-15)17-8-16(18-11-30-36-13-18)9-19(10-17)34-12-21-20(25(26,27)28)6-3-7-33(21)24(34)35/h3,6-15,22H,2,4-5H2,1H3/t22-/m0/s1. The van der Waals surface area contributed by atoms with Gasteiger partial charge in [-0.2, -0.15) is 13.2 Å². The van der Waals surface area contributed by atoms with Crippen molar-refractivity contribution in [2.45, 2.75) is 31.4 Å². The SMILES string of the molecule is Cn1cnnc1[C@H](c1cc(-c2cnoc2)cc(-n2cc3c(C(F)(F)F)cccn3c2=O)c1)C1CCC1. The molecule has 1 aliphatic carbocycles. The second kappa shape index (κ2) is 8.21. The van der Waals surface area contributed by atoms with Crippen LogP contribution in [-0.2, 0) is 13.2 Å². The predicted molar refractivity (Wildman–Crippen MR) is 124 cm³/mol. The number of hydrogen-bond acceptors (Lipinski definition) is 5. The summed E-state index contributed by atoms with van der Waals surface area (Å²) in [6, 6.07) is 7.79. The normalized spacial score (nSPS) is 15.3. The van der Waals surface area contributed by atoms with Crippen molar-refractivity contribution >= 4 is 5.52 Å². The van der Waals surface area contributed by atoms with Crippen LogP contribution in [0.1, 0.15) is 42.1 Å². The Morgan fingerprint density at radius 3 is 2.64 bits per heavy atom. The molecule has 4 heterocycles. The molecule has 4 aromatic heterocycles. The molecule has 0 N–H and O–H groups in total. The average molecular weight is 494 g/mol. The molecular weight excluding hydrogens is 473 g/mol. The van der Waals surface area contributed by atoms with Crippen molar-refractivity contribution in [3.05, 3.63) is 88.9 Å². The van der Waals surface area contributed by atoms with Gasteiger partial charge in [0, 0.05) is 30.9 Å². The molecule has 0 bridgehead atoms. The summed E-state index contributed by atoms with van der Waals surface area (Å²) in [5, 5.41) is 12.2. The molecule has 8 nitrogen and oxygen atoms in total. The van der Waals surface area contributed by atoms with E-state index in [9.17, 15) is 18.0 Å². The molecule has 1 atom stereocenters. The monoisotopic (exact) mass is 494 g/mol. The zero-order valence-electron chi connectivity index (χ0n) is 19.2. The number of halogens is 3. The molecule has 1 aliphatic rings. The summed E-state index contributed by atoms with van der Waals surface area (Å²) in [7, 11) is 1.88. The number of hydrogen-bond donors (Lipinski definition) is 0. The Morgan fingerprint density at radius 2 is 2.00 bits per heavy atom. The van der Waals surface area contributed by atoms with E-state index in [1.54, 1.807) is 18.6 Å². The van der Waals surface area contributed by atoms with Crippen molar-refractivity contribution in [2.75, 3.05) is 0 Å². The van der Waals surface area contributed by atoms with Crippen LogP contribution in [0.15, 0.2) is 70.8 Å². The Labute approximate surface area is 202 Å². The van der Waals surface area contributed by atoms with E-state index in [1.165, 1.54) is 29.3 Å². The van der Waals surface area contributed by atoms with E-state index in [1.807, 2.05) is 23.7 Å². The lowest BCUT2D eigenvalue weighted by atomic mass is 9.72. The molecule has 0 spiro atoms. The summed E-state index contributed by atoms with van der Waals surface area (Å²) >= 11 is 0. The van der Waals surface area contributed by atoms with Gasteiger partial charge in [-0.25, -0.2) is 4.79 Å². The Balaban J connectivity index is 1.59. The molecule has 11 heteroatoms. The zero-order valence-corrected chi connectivity index (χ0v) is 19.2. The number of benzene rings is 1. The van der Waals surface area contributed by atoms with Gasteiger partial charge in [0.25, 0.3) is 0 Å². The summed E-state index contributed by atoms with van der Waals surface area (Å²) in [6.07, 6.45) is 5.84. The highest BCUT2D eigenvalue weighted by Crippen LogP contribution is 2.44. The molecule has 36 heavy (non-hydrogen) atoms. The van der Waals surface area contributed by atoms with Crippen LogP contribution in [0.25, 0.3) is 22.3 Å². The number of nitrogens with zero attached hydrogens (tertiary/aromatic N) is 6. The minimum atomic E-state index is -4.60. The molecule has 184 valence electrons. The van der Waals surface area contributed by atoms with Gasteiger partial charge in [-0.1, -0.05) is 17.6 Å². The summed E-state index contributed by atoms with van der Waals surface area (Å²) in [5.41, 5.74) is 1.08. The Bertz CT molecular complexity index is 1610. The minimum Gasteiger partial charge on any atom is -0.364 e. The number of pyridine rings is 1. The number of aromatic nitrogens is 6. The van der Waals surface area contributed by atoms with E-state index in [4.69, 9.17) is 4.52 Å². The summed E-state index contributed by atoms with van der Waals surface area (Å²) < 4.78 is 50.1. The molecule has 0 aliphatic heterocycles. The highest BCUT2D eigenvalue weighted by molar-refractivity contribution is 5.67. The van der Waals surface area contributed by atoms with Crippen molar-refractivity contribution in [3.8, 4) is 16.8 Å². The maximum Gasteiger partial charge on any atom is 0.418 e. The number of alkyl halides is 3. The van der Waals surface area contributed by atoms with E-state index in [-0.39, 0.29) is 11.4 Å². The van der Waals surface area contributed by atoms with Crippen molar-refractivity contribution in [1.29, 1.82) is 0 Å². The first-order valence-electron chi connectivity index (χ1n) is 11.5. The van der Waals surface area contributed by atoms with E-state index in [0.29, 0.717) is 17.2 Å². The maximum absolute atomic E-state index is 13.7. The van der Waals surface area contributed by atoms with Crippen molar-refractivity contribution in [3.63, 3.8) is 0 Å². The number of imidazole rings is 1. The molecule has 0 amide bonds. The van der Waals surface area contributed by atoms with Gasteiger partial charge in [-0.3, -0.25) is 8.97 Å². The third-order valence-corrected chi connectivity index (χ3v) is 6.99. The molecule has 0 unspecified atom stereocenters. The Kier molecular flexibility index (Phi) is 5.09. The van der Waals surface area contributed by atoms with Crippen LogP contribution in [-0.4, -0.2) is 28.9 Å². The third kappa shape index (κ3) is 3.62. The first-order chi connectivity index (χ1) is 17.3. The zero-order chi connectivity index (χ0) is 25.0. The topological polar surface area (TPSA) is 83.2 Å². The van der Waals surface area contributed by atoms with Gasteiger partial charge < -0.3 is 9.09 Å². The number of fused-ring (bicyclic) bond motifs is 1. The van der Waals surface area contributed by atoms with E-state index in [2.05, 4.69) is 15.4 Å². The molecule has 6 rings (SSSR count). The highest BCUT2D eigenvalue weighted by atomic mass is 19.4. The number of rotatable bonds is 5. The lowest BCUT2D eigenvalue weighted by Crippen LogP contribution is -2.24. The van der Waals surface area contributed by atoms with Gasteiger partial charge in [-0.15, -0.1) is 10.2 Å². The molecule has 1 saturated carbocycles. The first kappa shape index (κ1) is 22.3. The number of aryl methyl sites for hydroxylation is 1. The van der Waals surface area contributed by atoms with E-state index in [0.717, 1.165) is 46.7 Å². The fourth-order valence-corrected chi connectivity index (χ4v) is 4.98. The predicted octanol–water partition coefficient (Wildman–Crippen LogP) is 4.82. The van der Waals surface area contributed by atoms with Crippen LogP contribution < -0.4 is 5.69 Å². The third-order valence-electron chi connectivity index (χ3n) is 6.99. The maximum atomic E-state index is 13.7. The van der Waals surface area contributed by atoms with Crippen LogP contribution in [0.3, 0.4) is 0 Å². The minimum absolute atomic E-state index is 0.0942. The van der Waals surface area contributed by atoms with Crippen LogP contribution in [0.4, 0.5) is 13.2 Å². The van der Waals surface area contributed by atoms with Crippen LogP contribution >= 0.6 is 0 Å². The second-order valence-electron chi connectivity index (χ2n) is 9.15.